The Labute approximate surface area is 106 Å². The number of halogens is 1. The molecule has 1 saturated heterocycles. The molecule has 0 radical (unpaired) electrons. The number of nitrogen functional groups attached to an aromatic ring is 1. The molecule has 0 amide bonds. The lowest BCUT2D eigenvalue weighted by atomic mass is 9.95. The molecule has 0 spiro atoms. The zero-order valence-corrected chi connectivity index (χ0v) is 10.4. The van der Waals surface area contributed by atoms with Crippen LogP contribution in [0.4, 0.5) is 11.5 Å². The van der Waals surface area contributed by atoms with E-state index in [1.807, 2.05) is 0 Å². The van der Waals surface area contributed by atoms with Crippen molar-refractivity contribution in [3.05, 3.63) is 11.5 Å². The molecule has 1 aromatic rings. The van der Waals surface area contributed by atoms with Crippen LogP contribution in [0.2, 0.25) is 5.15 Å². The summed E-state index contributed by atoms with van der Waals surface area (Å²) in [6, 6.07) is 0. The molecule has 1 aliphatic heterocycles. The zero-order valence-electron chi connectivity index (χ0n) is 9.64. The minimum atomic E-state index is 0.235. The first-order valence-corrected chi connectivity index (χ1v) is 6.22. The molecule has 6 heteroatoms. The van der Waals surface area contributed by atoms with Gasteiger partial charge in [-0.05, 0) is 25.2 Å². The number of aliphatic hydroxyl groups excluding tert-OH is 1. The van der Waals surface area contributed by atoms with Crippen LogP contribution in [-0.2, 0) is 0 Å². The second-order valence-electron chi connectivity index (χ2n) is 4.37. The van der Waals surface area contributed by atoms with Crippen molar-refractivity contribution in [1.82, 2.24) is 9.97 Å². The number of anilines is 2. The molecule has 2 rings (SSSR count). The maximum atomic E-state index is 8.98. The van der Waals surface area contributed by atoms with Gasteiger partial charge in [-0.2, -0.15) is 0 Å². The van der Waals surface area contributed by atoms with Gasteiger partial charge in [0.2, 0.25) is 0 Å². The zero-order chi connectivity index (χ0) is 12.3. The summed E-state index contributed by atoms with van der Waals surface area (Å²) in [5, 5.41) is 9.29. The SMILES string of the molecule is Nc1c(Cl)ncnc1N1CCCC(CCO)C1. The van der Waals surface area contributed by atoms with Crippen LogP contribution in [0.25, 0.3) is 0 Å². The highest BCUT2D eigenvalue weighted by molar-refractivity contribution is 6.32. The van der Waals surface area contributed by atoms with Crippen LogP contribution >= 0.6 is 11.6 Å². The second kappa shape index (κ2) is 5.51. The van der Waals surface area contributed by atoms with E-state index in [2.05, 4.69) is 14.9 Å². The topological polar surface area (TPSA) is 75.3 Å². The summed E-state index contributed by atoms with van der Waals surface area (Å²) >= 11 is 5.89. The standard InChI is InChI=1S/C11H17ClN4O/c12-10-9(13)11(15-7-14-10)16-4-1-2-8(6-16)3-5-17/h7-8,17H,1-6,13H2. The predicted octanol–water partition coefficient (Wildman–Crippen LogP) is 1.31. The van der Waals surface area contributed by atoms with Crippen LogP contribution in [0.1, 0.15) is 19.3 Å². The normalized spacial score (nSPS) is 20.6. The predicted molar refractivity (Wildman–Crippen MR) is 68.1 cm³/mol. The summed E-state index contributed by atoms with van der Waals surface area (Å²) in [6.45, 7) is 2.04. The lowest BCUT2D eigenvalue weighted by molar-refractivity contribution is 0.244. The van der Waals surface area contributed by atoms with E-state index in [0.717, 1.165) is 32.4 Å². The van der Waals surface area contributed by atoms with E-state index in [1.165, 1.54) is 6.33 Å². The van der Waals surface area contributed by atoms with Gasteiger partial charge in [0.1, 0.15) is 12.0 Å². The quantitative estimate of drug-likeness (QED) is 0.798. The van der Waals surface area contributed by atoms with Gasteiger partial charge in [0.25, 0.3) is 0 Å². The van der Waals surface area contributed by atoms with Crippen LogP contribution < -0.4 is 10.6 Å². The van der Waals surface area contributed by atoms with Crippen molar-refractivity contribution >= 4 is 23.1 Å². The number of hydrogen-bond acceptors (Lipinski definition) is 5. The molecule has 5 nitrogen and oxygen atoms in total. The van der Waals surface area contributed by atoms with Gasteiger partial charge in [-0.15, -0.1) is 0 Å². The molecule has 1 fully saturated rings. The highest BCUT2D eigenvalue weighted by Gasteiger charge is 2.22. The molecule has 2 heterocycles. The van der Waals surface area contributed by atoms with Gasteiger partial charge in [0, 0.05) is 19.7 Å². The molecule has 1 aliphatic rings. The minimum absolute atomic E-state index is 0.235. The summed E-state index contributed by atoms with van der Waals surface area (Å²) in [6.07, 6.45) is 4.50. The Bertz CT molecular complexity index is 386. The Morgan fingerprint density at radius 2 is 2.35 bits per heavy atom. The average molecular weight is 257 g/mol. The molecular formula is C11H17ClN4O. The first-order chi connectivity index (χ1) is 8.22. The third-order valence-corrected chi connectivity index (χ3v) is 3.47. The highest BCUT2D eigenvalue weighted by Crippen LogP contribution is 2.30. The van der Waals surface area contributed by atoms with Gasteiger partial charge in [0.05, 0.1) is 0 Å². The molecule has 0 saturated carbocycles. The van der Waals surface area contributed by atoms with Gasteiger partial charge >= 0.3 is 0 Å². The van der Waals surface area contributed by atoms with E-state index in [1.54, 1.807) is 0 Å². The molecule has 0 aliphatic carbocycles. The number of aliphatic hydroxyl groups is 1. The van der Waals surface area contributed by atoms with E-state index < -0.39 is 0 Å². The summed E-state index contributed by atoms with van der Waals surface area (Å²) in [5.74, 6) is 1.22. The van der Waals surface area contributed by atoms with Crippen molar-refractivity contribution < 1.29 is 5.11 Å². The third kappa shape index (κ3) is 2.79. The molecule has 94 valence electrons. The maximum absolute atomic E-state index is 8.98. The van der Waals surface area contributed by atoms with Crippen molar-refractivity contribution in [2.24, 2.45) is 5.92 Å². The Hall–Kier alpha value is -1.07. The summed E-state index contributed by atoms with van der Waals surface area (Å²) < 4.78 is 0. The van der Waals surface area contributed by atoms with Gasteiger partial charge < -0.3 is 15.7 Å². The minimum Gasteiger partial charge on any atom is -0.396 e. The van der Waals surface area contributed by atoms with Crippen LogP contribution in [0, 0.1) is 5.92 Å². The van der Waals surface area contributed by atoms with Crippen molar-refractivity contribution in [3.8, 4) is 0 Å². The van der Waals surface area contributed by atoms with Crippen molar-refractivity contribution in [2.45, 2.75) is 19.3 Å². The average Bonchev–Trinajstić information content (AvgIpc) is 2.33. The van der Waals surface area contributed by atoms with Gasteiger partial charge in [-0.3, -0.25) is 0 Å². The largest absolute Gasteiger partial charge is 0.396 e. The fourth-order valence-electron chi connectivity index (χ4n) is 2.29. The number of aromatic nitrogens is 2. The molecule has 1 atom stereocenters. The monoisotopic (exact) mass is 256 g/mol. The lowest BCUT2D eigenvalue weighted by Crippen LogP contribution is -2.36. The van der Waals surface area contributed by atoms with E-state index in [0.29, 0.717) is 22.6 Å². The summed E-state index contributed by atoms with van der Waals surface area (Å²) in [5.41, 5.74) is 6.33. The van der Waals surface area contributed by atoms with Crippen LogP contribution in [0.5, 0.6) is 0 Å². The molecule has 1 unspecified atom stereocenters. The molecule has 3 N–H and O–H groups in total. The molecule has 0 bridgehead atoms. The van der Waals surface area contributed by atoms with Crippen LogP contribution in [0.15, 0.2) is 6.33 Å². The first kappa shape index (κ1) is 12.4. The Morgan fingerprint density at radius 3 is 3.12 bits per heavy atom. The van der Waals surface area contributed by atoms with Gasteiger partial charge in [-0.1, -0.05) is 11.6 Å². The smallest absolute Gasteiger partial charge is 0.157 e. The molecule has 0 aromatic carbocycles. The first-order valence-electron chi connectivity index (χ1n) is 5.84. The highest BCUT2D eigenvalue weighted by atomic mass is 35.5. The second-order valence-corrected chi connectivity index (χ2v) is 4.73. The van der Waals surface area contributed by atoms with Gasteiger partial charge in [0.15, 0.2) is 11.0 Å². The van der Waals surface area contributed by atoms with Crippen molar-refractivity contribution in [1.29, 1.82) is 0 Å². The molecule has 17 heavy (non-hydrogen) atoms. The summed E-state index contributed by atoms with van der Waals surface area (Å²) in [7, 11) is 0. The lowest BCUT2D eigenvalue weighted by Gasteiger charge is -2.33. The maximum Gasteiger partial charge on any atom is 0.157 e. The van der Waals surface area contributed by atoms with E-state index in [4.69, 9.17) is 22.4 Å². The van der Waals surface area contributed by atoms with E-state index in [-0.39, 0.29) is 6.61 Å². The third-order valence-electron chi connectivity index (χ3n) is 3.17. The number of hydrogen-bond donors (Lipinski definition) is 2. The molecular weight excluding hydrogens is 240 g/mol. The summed E-state index contributed by atoms with van der Waals surface area (Å²) in [4.78, 5) is 10.2. The Morgan fingerprint density at radius 1 is 1.53 bits per heavy atom. The number of piperidine rings is 1. The molecule has 1 aromatic heterocycles. The van der Waals surface area contributed by atoms with E-state index >= 15 is 0 Å². The Kier molecular flexibility index (Phi) is 4.02. The fraction of sp³-hybridized carbons (Fsp3) is 0.636. The number of nitrogens with two attached hydrogens (primary N) is 1. The number of rotatable bonds is 3. The van der Waals surface area contributed by atoms with Crippen LogP contribution in [0.3, 0.4) is 0 Å². The fourth-order valence-corrected chi connectivity index (χ4v) is 2.42. The van der Waals surface area contributed by atoms with Gasteiger partial charge in [-0.25, -0.2) is 9.97 Å². The van der Waals surface area contributed by atoms with Crippen molar-refractivity contribution in [2.75, 3.05) is 30.3 Å². The number of nitrogens with zero attached hydrogens (tertiary/aromatic N) is 3. The van der Waals surface area contributed by atoms with E-state index in [9.17, 15) is 0 Å². The van der Waals surface area contributed by atoms with Crippen LogP contribution in [-0.4, -0.2) is 34.8 Å². The Balaban J connectivity index is 2.13. The van der Waals surface area contributed by atoms with Crippen molar-refractivity contribution in [3.63, 3.8) is 0 Å².